The lowest BCUT2D eigenvalue weighted by atomic mass is 9.79. The zero-order valence-electron chi connectivity index (χ0n) is 23.5. The Balaban J connectivity index is 2.02. The van der Waals surface area contributed by atoms with Crippen molar-refractivity contribution in [3.05, 3.63) is 106 Å². The van der Waals surface area contributed by atoms with E-state index < -0.39 is 6.23 Å². The molecule has 3 aromatic rings. The fraction of sp³-hybridized carbons (Fsp3) is 0.441. The van der Waals surface area contributed by atoms with Crippen molar-refractivity contribution in [3.8, 4) is 0 Å². The zero-order chi connectivity index (χ0) is 27.9. The molecule has 0 aliphatic carbocycles. The summed E-state index contributed by atoms with van der Waals surface area (Å²) >= 11 is 0. The Hall–Kier alpha value is -2.99. The lowest BCUT2D eigenvalue weighted by Crippen LogP contribution is -2.19. The minimum absolute atomic E-state index is 0.255. The first-order valence-electron chi connectivity index (χ1n) is 14.7. The summed E-state index contributed by atoms with van der Waals surface area (Å²) in [5, 5.41) is 17.4. The van der Waals surface area contributed by atoms with Crippen molar-refractivity contribution in [2.45, 2.75) is 89.2 Å². The molecule has 0 aromatic heterocycles. The third-order valence-corrected chi connectivity index (χ3v) is 7.66. The van der Waals surface area contributed by atoms with Crippen molar-refractivity contribution in [2.24, 2.45) is 17.2 Å². The molecular weight excluding hydrogens is 480 g/mol. The van der Waals surface area contributed by atoms with E-state index in [4.69, 9.17) is 22.6 Å². The first kappa shape index (κ1) is 30.6. The van der Waals surface area contributed by atoms with E-state index in [2.05, 4.69) is 72.8 Å². The van der Waals surface area contributed by atoms with Crippen LogP contribution in [0.25, 0.3) is 0 Å². The van der Waals surface area contributed by atoms with Crippen LogP contribution in [0.4, 0.5) is 0 Å². The quantitative estimate of drug-likeness (QED) is 0.0621. The Kier molecular flexibility index (Phi) is 13.2. The molecule has 0 saturated heterocycles. The Bertz CT molecular complexity index is 1110. The summed E-state index contributed by atoms with van der Waals surface area (Å²) in [6, 6.07) is 26.1. The van der Waals surface area contributed by atoms with E-state index in [1.807, 2.05) is 0 Å². The van der Waals surface area contributed by atoms with Gasteiger partial charge in [-0.2, -0.15) is 0 Å². The van der Waals surface area contributed by atoms with Gasteiger partial charge >= 0.3 is 0 Å². The molecule has 0 radical (unpaired) electrons. The van der Waals surface area contributed by atoms with Crippen molar-refractivity contribution < 1.29 is 5.11 Å². The Morgan fingerprint density at radius 1 is 0.718 bits per heavy atom. The van der Waals surface area contributed by atoms with Crippen LogP contribution in [-0.2, 0) is 32.1 Å². The third kappa shape index (κ3) is 10.6. The average Bonchev–Trinajstić information content (AvgIpc) is 2.93. The molecule has 2 unspecified atom stereocenters. The van der Waals surface area contributed by atoms with E-state index in [1.165, 1.54) is 33.4 Å². The molecule has 0 spiro atoms. The minimum atomic E-state index is -0.767. The van der Waals surface area contributed by atoms with E-state index in [-0.39, 0.29) is 5.84 Å². The molecule has 3 aromatic carbocycles. The molecule has 39 heavy (non-hydrogen) atoms. The van der Waals surface area contributed by atoms with Crippen LogP contribution in [0.5, 0.6) is 0 Å². The van der Waals surface area contributed by atoms with Gasteiger partial charge in [-0.1, -0.05) is 72.8 Å². The Morgan fingerprint density at radius 3 is 2.05 bits per heavy atom. The smallest absolute Gasteiger partial charge is 0.102 e. The summed E-state index contributed by atoms with van der Waals surface area (Å²) in [6.07, 6.45) is 10.2. The van der Waals surface area contributed by atoms with E-state index in [9.17, 15) is 5.11 Å². The maximum absolute atomic E-state index is 9.75. The second-order valence-corrected chi connectivity index (χ2v) is 10.8. The monoisotopic (exact) mass is 528 g/mol. The first-order chi connectivity index (χ1) is 19.0. The highest BCUT2D eigenvalue weighted by molar-refractivity contribution is 5.76. The van der Waals surface area contributed by atoms with Gasteiger partial charge in [0, 0.05) is 6.42 Å². The molecule has 2 atom stereocenters. The van der Waals surface area contributed by atoms with Crippen LogP contribution in [0.1, 0.15) is 84.2 Å². The number of nitrogens with one attached hydrogen (secondary N) is 1. The van der Waals surface area contributed by atoms with E-state index >= 15 is 0 Å². The number of nitrogens with two attached hydrogens (primary N) is 3. The second-order valence-electron chi connectivity index (χ2n) is 10.8. The highest BCUT2D eigenvalue weighted by Gasteiger charge is 2.21. The number of aliphatic hydroxyl groups is 1. The van der Waals surface area contributed by atoms with Crippen LogP contribution in [-0.4, -0.2) is 23.7 Å². The zero-order valence-corrected chi connectivity index (χ0v) is 23.5. The van der Waals surface area contributed by atoms with Gasteiger partial charge in [0.15, 0.2) is 0 Å². The molecule has 0 heterocycles. The fourth-order valence-electron chi connectivity index (χ4n) is 5.65. The number of aliphatic hydroxyl groups excluding tert-OH is 1. The molecule has 5 nitrogen and oxygen atoms in total. The molecule has 0 amide bonds. The van der Waals surface area contributed by atoms with Crippen LogP contribution < -0.4 is 17.2 Å². The van der Waals surface area contributed by atoms with Crippen LogP contribution in [0, 0.1) is 5.41 Å². The number of aryl methyl sites for hydroxylation is 2. The standard InChI is InChI=1S/C34H48N4O/c35-24-8-7-17-32-30(22-20-26-11-3-1-4-12-26)28(15-9-18-33(36)37)21-23-31(32)29(16-10-19-34(38)39)25-27-13-5-2-6-14-27/h1-6,11-14,21,23,29,34,39H,7-10,15-20,22,24-25,35,38H2,(H3,36,37). The van der Waals surface area contributed by atoms with Gasteiger partial charge in [-0.25, -0.2) is 0 Å². The molecular formula is C34H48N4O. The fourth-order valence-corrected chi connectivity index (χ4v) is 5.65. The van der Waals surface area contributed by atoms with Gasteiger partial charge in [0.05, 0.1) is 5.84 Å². The van der Waals surface area contributed by atoms with Crippen LogP contribution in [0.15, 0.2) is 72.8 Å². The largest absolute Gasteiger partial charge is 0.388 e. The second kappa shape index (κ2) is 16.9. The van der Waals surface area contributed by atoms with Crippen molar-refractivity contribution >= 4 is 5.84 Å². The lowest BCUT2D eigenvalue weighted by molar-refractivity contribution is 0.167. The van der Waals surface area contributed by atoms with Crippen molar-refractivity contribution in [3.63, 3.8) is 0 Å². The summed E-state index contributed by atoms with van der Waals surface area (Å²) in [5.41, 5.74) is 25.8. The van der Waals surface area contributed by atoms with E-state index in [0.29, 0.717) is 25.3 Å². The SMILES string of the molecule is N=C(N)CCCc1ccc(C(CCCC(N)O)Cc2ccccc2)c(CCCCN)c1CCc1ccccc1. The average molecular weight is 529 g/mol. The van der Waals surface area contributed by atoms with Gasteiger partial charge in [0.25, 0.3) is 0 Å². The lowest BCUT2D eigenvalue weighted by Gasteiger charge is -2.26. The van der Waals surface area contributed by atoms with Crippen molar-refractivity contribution in [1.29, 1.82) is 5.41 Å². The number of unbranched alkanes of at least 4 members (excludes halogenated alkanes) is 1. The van der Waals surface area contributed by atoms with Crippen molar-refractivity contribution in [2.75, 3.05) is 6.54 Å². The third-order valence-electron chi connectivity index (χ3n) is 7.66. The van der Waals surface area contributed by atoms with Gasteiger partial charge in [0.2, 0.25) is 0 Å². The topological polar surface area (TPSA) is 122 Å². The Labute approximate surface area is 235 Å². The first-order valence-corrected chi connectivity index (χ1v) is 14.7. The molecule has 0 saturated carbocycles. The van der Waals surface area contributed by atoms with Gasteiger partial charge in [-0.15, -0.1) is 0 Å². The summed E-state index contributed by atoms with van der Waals surface area (Å²) < 4.78 is 0. The Morgan fingerprint density at radius 2 is 1.41 bits per heavy atom. The van der Waals surface area contributed by atoms with E-state index in [1.54, 1.807) is 0 Å². The van der Waals surface area contributed by atoms with Gasteiger partial charge in [0.1, 0.15) is 6.23 Å². The molecule has 0 fully saturated rings. The summed E-state index contributed by atoms with van der Waals surface area (Å²) in [7, 11) is 0. The predicted molar refractivity (Wildman–Crippen MR) is 164 cm³/mol. The normalized spacial score (nSPS) is 12.8. The molecule has 210 valence electrons. The van der Waals surface area contributed by atoms with Gasteiger partial charge in [-0.05, 0) is 116 Å². The molecule has 0 aliphatic rings. The van der Waals surface area contributed by atoms with Gasteiger partial charge < -0.3 is 22.3 Å². The maximum atomic E-state index is 9.75. The van der Waals surface area contributed by atoms with E-state index in [0.717, 1.165) is 64.2 Å². The number of rotatable bonds is 18. The van der Waals surface area contributed by atoms with Crippen LogP contribution >= 0.6 is 0 Å². The summed E-state index contributed by atoms with van der Waals surface area (Å²) in [6.45, 7) is 0.703. The number of hydrogen-bond acceptors (Lipinski definition) is 4. The number of benzene rings is 3. The molecule has 3 rings (SSSR count). The van der Waals surface area contributed by atoms with Crippen LogP contribution in [0.2, 0.25) is 0 Å². The number of amidine groups is 1. The maximum Gasteiger partial charge on any atom is 0.102 e. The summed E-state index contributed by atoms with van der Waals surface area (Å²) in [5.74, 6) is 0.603. The minimum Gasteiger partial charge on any atom is -0.388 e. The highest BCUT2D eigenvalue weighted by Crippen LogP contribution is 2.34. The molecule has 0 aliphatic heterocycles. The van der Waals surface area contributed by atoms with Crippen molar-refractivity contribution in [1.82, 2.24) is 0 Å². The number of hydrogen-bond donors (Lipinski definition) is 5. The highest BCUT2D eigenvalue weighted by atomic mass is 16.3. The predicted octanol–water partition coefficient (Wildman–Crippen LogP) is 5.79. The molecule has 8 N–H and O–H groups in total. The summed E-state index contributed by atoms with van der Waals surface area (Å²) in [4.78, 5) is 0. The van der Waals surface area contributed by atoms with Gasteiger partial charge in [-0.3, -0.25) is 5.41 Å². The molecule has 0 bridgehead atoms. The molecule has 5 heteroatoms. The van der Waals surface area contributed by atoms with Crippen LogP contribution in [0.3, 0.4) is 0 Å².